The SMILES string of the molecule is CN(CC1CCCN(C(=O)OC(C)(C)C)C1)c1nc2cc([N+](=O)[O-])ccc2s1. The molecule has 8 nitrogen and oxygen atoms in total. The molecular formula is C19H26N4O4S. The fourth-order valence-electron chi connectivity index (χ4n) is 3.35. The highest BCUT2D eigenvalue weighted by molar-refractivity contribution is 7.22. The standard InChI is InChI=1S/C19H26N4O4S/c1-19(2,3)27-18(24)22-9-5-6-13(12-22)11-21(4)17-20-15-10-14(23(25)26)7-8-16(15)28-17/h7-8,10,13H,5-6,9,11-12H2,1-4H3. The van der Waals surface area contributed by atoms with Crippen LogP contribution >= 0.6 is 11.3 Å². The van der Waals surface area contributed by atoms with Crippen LogP contribution in [0.1, 0.15) is 33.6 Å². The van der Waals surface area contributed by atoms with Gasteiger partial charge in [-0.2, -0.15) is 0 Å². The summed E-state index contributed by atoms with van der Waals surface area (Å²) in [5.74, 6) is 0.326. The van der Waals surface area contributed by atoms with E-state index in [1.165, 1.54) is 23.5 Å². The molecule has 152 valence electrons. The first kappa shape index (κ1) is 20.3. The largest absolute Gasteiger partial charge is 0.444 e. The van der Waals surface area contributed by atoms with Gasteiger partial charge in [-0.15, -0.1) is 0 Å². The first-order valence-electron chi connectivity index (χ1n) is 9.36. The lowest BCUT2D eigenvalue weighted by Gasteiger charge is -2.35. The van der Waals surface area contributed by atoms with Gasteiger partial charge >= 0.3 is 6.09 Å². The maximum absolute atomic E-state index is 12.3. The number of nitro benzene ring substituents is 1. The molecule has 2 heterocycles. The summed E-state index contributed by atoms with van der Waals surface area (Å²) < 4.78 is 6.42. The molecule has 1 atom stereocenters. The Hall–Kier alpha value is -2.42. The summed E-state index contributed by atoms with van der Waals surface area (Å²) in [5, 5.41) is 11.8. The second-order valence-electron chi connectivity index (χ2n) is 8.22. The van der Waals surface area contributed by atoms with Crippen molar-refractivity contribution in [2.24, 2.45) is 5.92 Å². The summed E-state index contributed by atoms with van der Waals surface area (Å²) in [7, 11) is 1.97. The van der Waals surface area contributed by atoms with Gasteiger partial charge in [0.05, 0.1) is 15.1 Å². The summed E-state index contributed by atoms with van der Waals surface area (Å²) in [4.78, 5) is 31.3. The van der Waals surface area contributed by atoms with E-state index in [1.807, 2.05) is 27.8 Å². The van der Waals surface area contributed by atoms with Crippen LogP contribution in [0.3, 0.4) is 0 Å². The molecule has 0 radical (unpaired) electrons. The van der Waals surface area contributed by atoms with Crippen LogP contribution < -0.4 is 4.90 Å². The van der Waals surface area contributed by atoms with Crippen LogP contribution in [0.25, 0.3) is 10.2 Å². The second-order valence-corrected chi connectivity index (χ2v) is 9.23. The van der Waals surface area contributed by atoms with Crippen LogP contribution in [0.2, 0.25) is 0 Å². The molecule has 1 aromatic heterocycles. The molecule has 0 saturated carbocycles. The molecule has 0 aliphatic carbocycles. The van der Waals surface area contributed by atoms with Crippen molar-refractivity contribution in [3.05, 3.63) is 28.3 Å². The van der Waals surface area contributed by atoms with Crippen LogP contribution in [0, 0.1) is 16.0 Å². The number of benzene rings is 1. The number of hydrogen-bond donors (Lipinski definition) is 0. The Labute approximate surface area is 168 Å². The van der Waals surface area contributed by atoms with E-state index in [1.54, 1.807) is 11.0 Å². The molecule has 9 heteroatoms. The molecule has 28 heavy (non-hydrogen) atoms. The minimum absolute atomic E-state index is 0.0484. The van der Waals surface area contributed by atoms with E-state index in [2.05, 4.69) is 9.88 Å². The van der Waals surface area contributed by atoms with Crippen LogP contribution in [0.5, 0.6) is 0 Å². The number of amides is 1. The number of anilines is 1. The summed E-state index contributed by atoms with van der Waals surface area (Å²) in [5.41, 5.74) is 0.192. The molecule has 1 aliphatic heterocycles. The Bertz CT molecular complexity index is 876. The van der Waals surface area contributed by atoms with Crippen molar-refractivity contribution in [3.8, 4) is 0 Å². The number of non-ortho nitro benzene ring substituents is 1. The van der Waals surface area contributed by atoms with E-state index >= 15 is 0 Å². The number of carbonyl (C=O) groups excluding carboxylic acids is 1. The molecule has 0 spiro atoms. The van der Waals surface area contributed by atoms with Gasteiger partial charge in [-0.25, -0.2) is 9.78 Å². The van der Waals surface area contributed by atoms with E-state index in [-0.39, 0.29) is 11.8 Å². The van der Waals surface area contributed by atoms with Crippen molar-refractivity contribution >= 4 is 38.5 Å². The van der Waals surface area contributed by atoms with Gasteiger partial charge in [0.25, 0.3) is 5.69 Å². The third-order valence-electron chi connectivity index (χ3n) is 4.60. The maximum Gasteiger partial charge on any atom is 0.410 e. The second kappa shape index (κ2) is 7.90. The molecule has 0 bridgehead atoms. The quantitative estimate of drug-likeness (QED) is 0.556. The molecule has 2 aromatic rings. The Balaban J connectivity index is 1.65. The van der Waals surface area contributed by atoms with E-state index in [0.29, 0.717) is 18.0 Å². The Morgan fingerprint density at radius 3 is 2.89 bits per heavy atom. The molecule has 1 aromatic carbocycles. The zero-order valence-corrected chi connectivity index (χ0v) is 17.5. The van der Waals surface area contributed by atoms with E-state index < -0.39 is 10.5 Å². The van der Waals surface area contributed by atoms with Crippen molar-refractivity contribution in [2.75, 3.05) is 31.6 Å². The number of rotatable bonds is 4. The van der Waals surface area contributed by atoms with Gasteiger partial charge in [0.1, 0.15) is 5.60 Å². The van der Waals surface area contributed by atoms with Gasteiger partial charge in [-0.3, -0.25) is 10.1 Å². The number of fused-ring (bicyclic) bond motifs is 1. The Morgan fingerprint density at radius 2 is 2.21 bits per heavy atom. The maximum atomic E-state index is 12.3. The van der Waals surface area contributed by atoms with E-state index in [9.17, 15) is 14.9 Å². The molecule has 0 N–H and O–H groups in total. The lowest BCUT2D eigenvalue weighted by Crippen LogP contribution is -2.45. The highest BCUT2D eigenvalue weighted by atomic mass is 32.1. The number of hydrogen-bond acceptors (Lipinski definition) is 7. The van der Waals surface area contributed by atoms with Crippen molar-refractivity contribution < 1.29 is 14.5 Å². The average molecular weight is 407 g/mol. The molecule has 1 amide bonds. The van der Waals surface area contributed by atoms with Gasteiger partial charge in [-0.05, 0) is 45.6 Å². The lowest BCUT2D eigenvalue weighted by molar-refractivity contribution is -0.384. The number of piperidine rings is 1. The average Bonchev–Trinajstić information content (AvgIpc) is 3.04. The fraction of sp³-hybridized carbons (Fsp3) is 0.579. The number of carbonyl (C=O) groups is 1. The van der Waals surface area contributed by atoms with E-state index in [4.69, 9.17) is 4.74 Å². The number of thiazole rings is 1. The summed E-state index contributed by atoms with van der Waals surface area (Å²) in [6, 6.07) is 4.76. The number of aromatic nitrogens is 1. The summed E-state index contributed by atoms with van der Waals surface area (Å²) >= 11 is 1.52. The van der Waals surface area contributed by atoms with Gasteiger partial charge in [-0.1, -0.05) is 11.3 Å². The van der Waals surface area contributed by atoms with Gasteiger partial charge in [0.15, 0.2) is 5.13 Å². The molecule has 1 saturated heterocycles. The smallest absolute Gasteiger partial charge is 0.410 e. The fourth-order valence-corrected chi connectivity index (χ4v) is 4.27. The highest BCUT2D eigenvalue weighted by Crippen LogP contribution is 2.31. The first-order chi connectivity index (χ1) is 13.1. The summed E-state index contributed by atoms with van der Waals surface area (Å²) in [6.45, 7) is 7.77. The summed E-state index contributed by atoms with van der Waals surface area (Å²) in [6.07, 6.45) is 1.73. The van der Waals surface area contributed by atoms with E-state index in [0.717, 1.165) is 35.8 Å². The number of nitro groups is 1. The lowest BCUT2D eigenvalue weighted by atomic mass is 9.98. The normalized spacial score (nSPS) is 17.6. The highest BCUT2D eigenvalue weighted by Gasteiger charge is 2.28. The monoisotopic (exact) mass is 406 g/mol. The Kier molecular flexibility index (Phi) is 5.74. The zero-order chi connectivity index (χ0) is 20.5. The van der Waals surface area contributed by atoms with Gasteiger partial charge in [0.2, 0.25) is 0 Å². The minimum Gasteiger partial charge on any atom is -0.444 e. The molecule has 1 unspecified atom stereocenters. The predicted octanol–water partition coefficient (Wildman–Crippen LogP) is 4.29. The van der Waals surface area contributed by atoms with Crippen LogP contribution in [0.4, 0.5) is 15.6 Å². The van der Waals surface area contributed by atoms with Gasteiger partial charge < -0.3 is 14.5 Å². The van der Waals surface area contributed by atoms with Crippen molar-refractivity contribution in [2.45, 2.75) is 39.2 Å². The number of nitrogens with zero attached hydrogens (tertiary/aromatic N) is 4. The molecule has 3 rings (SSSR count). The molecule has 1 aliphatic rings. The van der Waals surface area contributed by atoms with Crippen LogP contribution in [-0.2, 0) is 4.74 Å². The third kappa shape index (κ3) is 4.89. The van der Waals surface area contributed by atoms with Crippen molar-refractivity contribution in [1.82, 2.24) is 9.88 Å². The number of likely N-dealkylation sites (tertiary alicyclic amines) is 1. The zero-order valence-electron chi connectivity index (χ0n) is 16.7. The molecular weight excluding hydrogens is 380 g/mol. The predicted molar refractivity (Wildman–Crippen MR) is 110 cm³/mol. The molecule has 1 fully saturated rings. The Morgan fingerprint density at radius 1 is 1.46 bits per heavy atom. The van der Waals surface area contributed by atoms with Crippen LogP contribution in [-0.4, -0.2) is 53.2 Å². The van der Waals surface area contributed by atoms with Crippen LogP contribution in [0.15, 0.2) is 18.2 Å². The van der Waals surface area contributed by atoms with Crippen molar-refractivity contribution in [1.29, 1.82) is 0 Å². The third-order valence-corrected chi connectivity index (χ3v) is 5.75. The topological polar surface area (TPSA) is 88.8 Å². The minimum atomic E-state index is -0.496. The number of ether oxygens (including phenoxy) is 1. The van der Waals surface area contributed by atoms with Gasteiger partial charge in [0, 0.05) is 38.8 Å². The first-order valence-corrected chi connectivity index (χ1v) is 10.2. The van der Waals surface area contributed by atoms with Crippen molar-refractivity contribution in [3.63, 3.8) is 0 Å².